The number of thiazole rings is 1. The molecule has 0 saturated heterocycles. The van der Waals surface area contributed by atoms with Crippen molar-refractivity contribution in [3.05, 3.63) is 65.6 Å². The van der Waals surface area contributed by atoms with Crippen molar-refractivity contribution in [3.8, 4) is 5.75 Å². The van der Waals surface area contributed by atoms with Crippen LogP contribution in [0.3, 0.4) is 0 Å². The van der Waals surface area contributed by atoms with Gasteiger partial charge in [0.05, 0.1) is 47.0 Å². The average Bonchev–Trinajstić information content (AvgIpc) is 3.61. The second-order valence-corrected chi connectivity index (χ2v) is 13.4. The first-order chi connectivity index (χ1) is 20.0. The largest absolute Gasteiger partial charge is 0.486 e. The molecule has 2 aromatic heterocycles. The smallest absolute Gasteiger partial charge is 0.284 e. The van der Waals surface area contributed by atoms with Crippen molar-refractivity contribution in [2.75, 3.05) is 32.1 Å². The highest BCUT2D eigenvalue weighted by atomic mass is 32.2. The Labute approximate surface area is 247 Å². The van der Waals surface area contributed by atoms with Gasteiger partial charge in [0, 0.05) is 32.8 Å². The first-order valence-electron chi connectivity index (χ1n) is 13.3. The fourth-order valence-corrected chi connectivity index (χ4v) is 6.74. The molecule has 222 valence electrons. The zero-order valence-corrected chi connectivity index (χ0v) is 25.2. The van der Waals surface area contributed by atoms with Gasteiger partial charge in [0.1, 0.15) is 6.10 Å². The summed E-state index contributed by atoms with van der Waals surface area (Å²) in [5.41, 5.74) is 1.13. The molecule has 0 bridgehead atoms. The zero-order valence-electron chi connectivity index (χ0n) is 23.6. The van der Waals surface area contributed by atoms with E-state index in [4.69, 9.17) is 4.74 Å². The maximum atomic E-state index is 13.7. The summed E-state index contributed by atoms with van der Waals surface area (Å²) in [4.78, 5) is 37.0. The minimum atomic E-state index is -3.94. The number of benzene rings is 2. The minimum Gasteiger partial charge on any atom is -0.486 e. The molecule has 0 saturated carbocycles. The molecule has 0 unspecified atom stereocenters. The maximum Gasteiger partial charge on any atom is 0.284 e. The molecule has 0 aliphatic carbocycles. The van der Waals surface area contributed by atoms with Crippen LogP contribution in [0.2, 0.25) is 0 Å². The minimum absolute atomic E-state index is 0.0603. The third-order valence-electron chi connectivity index (χ3n) is 7.22. The summed E-state index contributed by atoms with van der Waals surface area (Å²) in [7, 11) is -0.813. The number of amides is 2. The normalized spacial score (nSPS) is 18.3. The van der Waals surface area contributed by atoms with Gasteiger partial charge >= 0.3 is 0 Å². The summed E-state index contributed by atoms with van der Waals surface area (Å²) in [6, 6.07) is 11.7. The molecule has 0 fully saturated rings. The lowest BCUT2D eigenvalue weighted by molar-refractivity contribution is 0.0388. The number of fused-ring (bicyclic) bond motifs is 2. The standard InChI is InChI=1S/C28H32N6O6S2/c1-17-12-34(18(2)15-35)28(37)19-8-7-10-21(30-26(36)27-31-20-9-5-6-11-23(20)41-27)25(19)40-22(17)13-33(4)42(38,39)24-14-32(3)16-29-24/h5-11,14,16-18,22,35H,12-13,15H2,1-4H3,(H,30,36)/t17-,18-,22-/m0/s1. The van der Waals surface area contributed by atoms with E-state index >= 15 is 0 Å². The van der Waals surface area contributed by atoms with Crippen LogP contribution in [0.15, 0.2) is 60.0 Å². The van der Waals surface area contributed by atoms with Crippen LogP contribution < -0.4 is 10.1 Å². The Balaban J connectivity index is 1.51. The van der Waals surface area contributed by atoms with E-state index in [-0.39, 0.29) is 58.6 Å². The summed E-state index contributed by atoms with van der Waals surface area (Å²) in [6.45, 7) is 3.47. The van der Waals surface area contributed by atoms with E-state index in [0.717, 1.165) is 4.70 Å². The Hall–Kier alpha value is -3.85. The van der Waals surface area contributed by atoms with Crippen molar-refractivity contribution in [1.82, 2.24) is 23.7 Å². The number of hydrogen-bond acceptors (Lipinski definition) is 9. The number of ether oxygens (including phenoxy) is 1. The molecule has 2 aromatic carbocycles. The van der Waals surface area contributed by atoms with Gasteiger partial charge in [-0.25, -0.2) is 18.4 Å². The van der Waals surface area contributed by atoms with Crippen molar-refractivity contribution >= 4 is 49.1 Å². The van der Waals surface area contributed by atoms with Gasteiger partial charge in [0.2, 0.25) is 0 Å². The highest BCUT2D eigenvalue weighted by molar-refractivity contribution is 7.89. The van der Waals surface area contributed by atoms with Gasteiger partial charge in [0.25, 0.3) is 21.8 Å². The molecular formula is C28H32N6O6S2. The Bertz CT molecular complexity index is 1700. The molecule has 0 spiro atoms. The number of carbonyl (C=O) groups excluding carboxylic acids is 2. The number of nitrogens with zero attached hydrogens (tertiary/aromatic N) is 5. The molecule has 12 nitrogen and oxygen atoms in total. The second-order valence-electron chi connectivity index (χ2n) is 10.4. The predicted octanol–water partition coefficient (Wildman–Crippen LogP) is 2.82. The van der Waals surface area contributed by atoms with Crippen LogP contribution in [-0.4, -0.2) is 88.0 Å². The number of aliphatic hydroxyl groups is 1. The number of likely N-dealkylation sites (N-methyl/N-ethyl adjacent to an activating group) is 1. The summed E-state index contributed by atoms with van der Waals surface area (Å²) in [5.74, 6) is -1.08. The first kappa shape index (κ1) is 29.6. The number of aryl methyl sites for hydroxylation is 1. The predicted molar refractivity (Wildman–Crippen MR) is 158 cm³/mol. The van der Waals surface area contributed by atoms with Crippen LogP contribution in [0.5, 0.6) is 5.75 Å². The number of nitrogens with one attached hydrogen (secondary N) is 1. The van der Waals surface area contributed by atoms with Crippen molar-refractivity contribution in [2.45, 2.75) is 31.0 Å². The van der Waals surface area contributed by atoms with Gasteiger partial charge in [-0.3, -0.25) is 9.59 Å². The molecule has 42 heavy (non-hydrogen) atoms. The van der Waals surface area contributed by atoms with E-state index in [1.54, 1.807) is 41.6 Å². The van der Waals surface area contributed by atoms with Crippen LogP contribution in [0.25, 0.3) is 10.2 Å². The van der Waals surface area contributed by atoms with Gasteiger partial charge < -0.3 is 24.6 Å². The number of anilines is 1. The molecule has 2 N–H and O–H groups in total. The molecule has 1 aliphatic rings. The number of imidazole rings is 1. The first-order valence-corrected chi connectivity index (χ1v) is 15.6. The SMILES string of the molecule is C[C@H]1CN([C@@H](C)CO)C(=O)c2cccc(NC(=O)c3nc4ccccc4s3)c2O[C@H]1CN(C)S(=O)(=O)c1cn(C)cn1. The van der Waals surface area contributed by atoms with E-state index in [1.807, 2.05) is 31.2 Å². The average molecular weight is 613 g/mol. The number of hydrogen-bond donors (Lipinski definition) is 2. The van der Waals surface area contributed by atoms with Gasteiger partial charge in [0.15, 0.2) is 15.8 Å². The molecule has 5 rings (SSSR count). The molecule has 1 aliphatic heterocycles. The summed E-state index contributed by atoms with van der Waals surface area (Å²) >= 11 is 1.24. The third kappa shape index (κ3) is 5.75. The highest BCUT2D eigenvalue weighted by Crippen LogP contribution is 2.36. The van der Waals surface area contributed by atoms with Crippen molar-refractivity contribution in [2.24, 2.45) is 13.0 Å². The quantitative estimate of drug-likeness (QED) is 0.309. The van der Waals surface area contributed by atoms with Crippen LogP contribution in [-0.2, 0) is 17.1 Å². The Kier molecular flexibility index (Phi) is 8.32. The van der Waals surface area contributed by atoms with E-state index in [0.29, 0.717) is 5.52 Å². The van der Waals surface area contributed by atoms with Gasteiger partial charge in [-0.05, 0) is 31.2 Å². The lowest BCUT2D eigenvalue weighted by Gasteiger charge is -2.38. The molecule has 4 aromatic rings. The number of aliphatic hydroxyl groups excluding tert-OH is 1. The van der Waals surface area contributed by atoms with E-state index in [1.165, 1.54) is 35.2 Å². The van der Waals surface area contributed by atoms with Crippen molar-refractivity contribution in [1.29, 1.82) is 0 Å². The van der Waals surface area contributed by atoms with E-state index < -0.39 is 28.1 Å². The molecular weight excluding hydrogens is 580 g/mol. The Morgan fingerprint density at radius 3 is 2.71 bits per heavy atom. The maximum absolute atomic E-state index is 13.7. The number of para-hydroxylation sites is 2. The molecule has 14 heteroatoms. The zero-order chi connectivity index (χ0) is 30.2. The number of rotatable bonds is 8. The van der Waals surface area contributed by atoms with Crippen LogP contribution >= 0.6 is 11.3 Å². The van der Waals surface area contributed by atoms with Crippen LogP contribution in [0.1, 0.15) is 34.0 Å². The molecule has 3 heterocycles. The van der Waals surface area contributed by atoms with Crippen molar-refractivity contribution < 1.29 is 27.9 Å². The molecule has 0 radical (unpaired) electrons. The van der Waals surface area contributed by atoms with Crippen LogP contribution in [0.4, 0.5) is 5.69 Å². The van der Waals surface area contributed by atoms with Gasteiger partial charge in [-0.2, -0.15) is 4.31 Å². The third-order valence-corrected chi connectivity index (χ3v) is 9.96. The fraction of sp³-hybridized carbons (Fsp3) is 0.357. The highest BCUT2D eigenvalue weighted by Gasteiger charge is 2.36. The Morgan fingerprint density at radius 1 is 1.26 bits per heavy atom. The molecule has 2 amide bonds. The van der Waals surface area contributed by atoms with Gasteiger partial charge in [-0.1, -0.05) is 25.1 Å². The summed E-state index contributed by atoms with van der Waals surface area (Å²) in [6.07, 6.45) is 2.10. The van der Waals surface area contributed by atoms with Crippen LogP contribution in [0, 0.1) is 5.92 Å². The second kappa shape index (κ2) is 11.8. The monoisotopic (exact) mass is 612 g/mol. The van der Waals surface area contributed by atoms with Crippen molar-refractivity contribution in [3.63, 3.8) is 0 Å². The summed E-state index contributed by atoms with van der Waals surface area (Å²) in [5, 5.41) is 12.9. The fourth-order valence-electron chi connectivity index (χ4n) is 4.74. The number of carbonyl (C=O) groups is 2. The summed E-state index contributed by atoms with van der Waals surface area (Å²) < 4.78 is 36.6. The molecule has 3 atom stereocenters. The van der Waals surface area contributed by atoms with E-state index in [9.17, 15) is 23.1 Å². The lowest BCUT2D eigenvalue weighted by Crippen LogP contribution is -2.50. The van der Waals surface area contributed by atoms with E-state index in [2.05, 4.69) is 15.3 Å². The number of aromatic nitrogens is 3. The number of sulfonamides is 1. The topological polar surface area (TPSA) is 147 Å². The van der Waals surface area contributed by atoms with Gasteiger partial charge in [-0.15, -0.1) is 11.3 Å². The Morgan fingerprint density at radius 2 is 2.02 bits per heavy atom. The lowest BCUT2D eigenvalue weighted by atomic mass is 9.99.